The molecule has 7 heteroatoms. The van der Waals surface area contributed by atoms with Crippen molar-refractivity contribution in [1.29, 1.82) is 0 Å². The SMILES string of the molecule is CC.CC(=O)c1ccc(S(=O)(=O)N2CCOC23CCNCC3)cc1. The van der Waals surface area contributed by atoms with Gasteiger partial charge in [-0.05, 0) is 32.1 Å². The van der Waals surface area contributed by atoms with Gasteiger partial charge in [0, 0.05) is 24.9 Å². The fraction of sp³-hybridized carbons (Fsp3) is 0.588. The van der Waals surface area contributed by atoms with Crippen LogP contribution in [-0.4, -0.2) is 50.5 Å². The predicted molar refractivity (Wildman–Crippen MR) is 92.5 cm³/mol. The standard InChI is InChI=1S/C15H20N2O4S.C2H6/c1-12(18)13-2-4-14(5-3-13)22(19,20)17-10-11-21-15(17)6-8-16-9-7-15;1-2/h2-5,16H,6-11H2,1H3;1-2H3. The summed E-state index contributed by atoms with van der Waals surface area (Å²) in [6, 6.07) is 6.11. The molecule has 1 spiro atoms. The van der Waals surface area contributed by atoms with Gasteiger partial charge >= 0.3 is 0 Å². The van der Waals surface area contributed by atoms with E-state index in [0.29, 0.717) is 31.6 Å². The Balaban J connectivity index is 0.00000100. The summed E-state index contributed by atoms with van der Waals surface area (Å²) < 4.78 is 33.2. The molecule has 0 atom stereocenters. The van der Waals surface area contributed by atoms with Crippen LogP contribution in [0.1, 0.15) is 44.0 Å². The van der Waals surface area contributed by atoms with Gasteiger partial charge in [-0.1, -0.05) is 26.0 Å². The van der Waals surface area contributed by atoms with Crippen molar-refractivity contribution in [2.75, 3.05) is 26.2 Å². The Kier molecular flexibility index (Phi) is 6.14. The number of ketones is 1. The second-order valence-corrected chi connectivity index (χ2v) is 7.56. The van der Waals surface area contributed by atoms with Crippen LogP contribution in [0, 0.1) is 0 Å². The molecule has 1 aromatic carbocycles. The maximum Gasteiger partial charge on any atom is 0.245 e. The molecule has 0 unspecified atom stereocenters. The van der Waals surface area contributed by atoms with Crippen LogP contribution in [0.5, 0.6) is 0 Å². The molecule has 3 rings (SSSR count). The third-order valence-corrected chi connectivity index (χ3v) is 6.32. The molecule has 0 aliphatic carbocycles. The number of Topliss-reactive ketones (excluding diaryl/α,β-unsaturated/α-hetero) is 1. The van der Waals surface area contributed by atoms with Crippen molar-refractivity contribution < 1.29 is 17.9 Å². The van der Waals surface area contributed by atoms with Crippen molar-refractivity contribution in [3.05, 3.63) is 29.8 Å². The molecule has 2 aliphatic heterocycles. The topological polar surface area (TPSA) is 75.7 Å². The number of hydrogen-bond acceptors (Lipinski definition) is 5. The van der Waals surface area contributed by atoms with E-state index in [0.717, 1.165) is 13.1 Å². The van der Waals surface area contributed by atoms with Gasteiger partial charge in [-0.2, -0.15) is 4.31 Å². The van der Waals surface area contributed by atoms with Crippen molar-refractivity contribution in [1.82, 2.24) is 9.62 Å². The first-order valence-corrected chi connectivity index (χ1v) is 9.88. The number of hydrogen-bond donors (Lipinski definition) is 1. The average Bonchev–Trinajstić information content (AvgIpc) is 3.01. The summed E-state index contributed by atoms with van der Waals surface area (Å²) in [4.78, 5) is 11.5. The molecular weight excluding hydrogens is 328 g/mol. The molecule has 1 aromatic rings. The van der Waals surface area contributed by atoms with E-state index in [4.69, 9.17) is 4.74 Å². The van der Waals surface area contributed by atoms with Crippen LogP contribution in [0.3, 0.4) is 0 Å². The van der Waals surface area contributed by atoms with Crippen LogP contribution in [0.15, 0.2) is 29.2 Å². The van der Waals surface area contributed by atoms with Crippen LogP contribution in [0.4, 0.5) is 0 Å². The third-order valence-electron chi connectivity index (χ3n) is 4.35. The molecule has 2 aliphatic rings. The van der Waals surface area contributed by atoms with Crippen LogP contribution in [0.25, 0.3) is 0 Å². The average molecular weight is 354 g/mol. The van der Waals surface area contributed by atoms with Gasteiger partial charge in [-0.3, -0.25) is 4.79 Å². The van der Waals surface area contributed by atoms with E-state index in [1.54, 1.807) is 12.1 Å². The highest BCUT2D eigenvalue weighted by Gasteiger charge is 2.49. The van der Waals surface area contributed by atoms with Gasteiger partial charge < -0.3 is 10.1 Å². The quantitative estimate of drug-likeness (QED) is 0.841. The normalized spacial score (nSPS) is 20.5. The monoisotopic (exact) mass is 354 g/mol. The first-order valence-electron chi connectivity index (χ1n) is 8.44. The van der Waals surface area contributed by atoms with Gasteiger partial charge in [0.05, 0.1) is 11.5 Å². The summed E-state index contributed by atoms with van der Waals surface area (Å²) in [7, 11) is -3.62. The van der Waals surface area contributed by atoms with Gasteiger partial charge in [-0.25, -0.2) is 8.42 Å². The lowest BCUT2D eigenvalue weighted by Gasteiger charge is -2.39. The number of sulfonamides is 1. The van der Waals surface area contributed by atoms with E-state index in [1.165, 1.54) is 23.4 Å². The molecular formula is C17H26N2O4S. The van der Waals surface area contributed by atoms with Gasteiger partial charge in [0.25, 0.3) is 0 Å². The molecule has 2 heterocycles. The fourth-order valence-electron chi connectivity index (χ4n) is 3.13. The fourth-order valence-corrected chi connectivity index (χ4v) is 4.86. The van der Waals surface area contributed by atoms with E-state index in [2.05, 4.69) is 5.32 Å². The highest BCUT2D eigenvalue weighted by molar-refractivity contribution is 7.89. The molecule has 1 N–H and O–H groups in total. The van der Waals surface area contributed by atoms with E-state index >= 15 is 0 Å². The van der Waals surface area contributed by atoms with Gasteiger partial charge in [0.15, 0.2) is 5.78 Å². The van der Waals surface area contributed by atoms with E-state index in [9.17, 15) is 13.2 Å². The molecule has 24 heavy (non-hydrogen) atoms. The van der Waals surface area contributed by atoms with Crippen molar-refractivity contribution in [2.24, 2.45) is 0 Å². The zero-order valence-electron chi connectivity index (χ0n) is 14.5. The zero-order chi connectivity index (χ0) is 17.8. The summed E-state index contributed by atoms with van der Waals surface area (Å²) in [6.45, 7) is 7.74. The number of nitrogens with zero attached hydrogens (tertiary/aromatic N) is 1. The first kappa shape index (κ1) is 19.1. The highest BCUT2D eigenvalue weighted by Crippen LogP contribution is 2.36. The van der Waals surface area contributed by atoms with Crippen LogP contribution in [0.2, 0.25) is 0 Å². The molecule has 6 nitrogen and oxygen atoms in total. The predicted octanol–water partition coefficient (Wildman–Crippen LogP) is 2.02. The minimum atomic E-state index is -3.62. The van der Waals surface area contributed by atoms with Crippen molar-refractivity contribution in [3.8, 4) is 0 Å². The summed E-state index contributed by atoms with van der Waals surface area (Å²) in [5, 5.41) is 3.23. The largest absolute Gasteiger partial charge is 0.358 e. The number of rotatable bonds is 3. The number of ether oxygens (including phenoxy) is 1. The Bertz CT molecular complexity index is 664. The second kappa shape index (κ2) is 7.74. The molecule has 2 fully saturated rings. The van der Waals surface area contributed by atoms with Crippen LogP contribution < -0.4 is 5.32 Å². The van der Waals surface area contributed by atoms with E-state index < -0.39 is 15.7 Å². The summed E-state index contributed by atoms with van der Waals surface area (Å²) in [5.41, 5.74) is -0.211. The number of carbonyl (C=O) groups is 1. The second-order valence-electron chi connectivity index (χ2n) is 5.70. The molecule has 2 saturated heterocycles. The molecule has 0 aromatic heterocycles. The smallest absolute Gasteiger partial charge is 0.245 e. The van der Waals surface area contributed by atoms with Crippen molar-refractivity contribution in [3.63, 3.8) is 0 Å². The van der Waals surface area contributed by atoms with Gasteiger partial charge in [0.2, 0.25) is 10.0 Å². The van der Waals surface area contributed by atoms with Crippen LogP contribution in [-0.2, 0) is 14.8 Å². The summed E-state index contributed by atoms with van der Waals surface area (Å²) in [6.07, 6.45) is 1.30. The number of carbonyl (C=O) groups excluding carboxylic acids is 1. The van der Waals surface area contributed by atoms with Crippen molar-refractivity contribution in [2.45, 2.75) is 44.2 Å². The maximum absolute atomic E-state index is 12.9. The summed E-state index contributed by atoms with van der Waals surface area (Å²) >= 11 is 0. The van der Waals surface area contributed by atoms with Gasteiger partial charge in [-0.15, -0.1) is 0 Å². The number of benzene rings is 1. The van der Waals surface area contributed by atoms with E-state index in [1.807, 2.05) is 13.8 Å². The maximum atomic E-state index is 12.9. The van der Waals surface area contributed by atoms with Crippen LogP contribution >= 0.6 is 0 Å². The lowest BCUT2D eigenvalue weighted by atomic mass is 10.0. The van der Waals surface area contributed by atoms with Gasteiger partial charge in [0.1, 0.15) is 5.72 Å². The lowest BCUT2D eigenvalue weighted by Crippen LogP contribution is -2.53. The third kappa shape index (κ3) is 3.54. The Morgan fingerprint density at radius 3 is 2.29 bits per heavy atom. The molecule has 0 amide bonds. The Hall–Kier alpha value is -1.28. The molecule has 0 radical (unpaired) electrons. The molecule has 0 saturated carbocycles. The Morgan fingerprint density at radius 2 is 1.75 bits per heavy atom. The number of nitrogens with one attached hydrogen (secondary N) is 1. The zero-order valence-corrected chi connectivity index (χ0v) is 15.4. The minimum Gasteiger partial charge on any atom is -0.358 e. The molecule has 0 bridgehead atoms. The highest BCUT2D eigenvalue weighted by atomic mass is 32.2. The van der Waals surface area contributed by atoms with Crippen molar-refractivity contribution >= 4 is 15.8 Å². The first-order chi connectivity index (χ1) is 11.5. The number of piperidine rings is 1. The Morgan fingerprint density at radius 1 is 1.17 bits per heavy atom. The summed E-state index contributed by atoms with van der Waals surface area (Å²) in [5.74, 6) is -0.0803. The lowest BCUT2D eigenvalue weighted by molar-refractivity contribution is -0.0704. The minimum absolute atomic E-state index is 0.0803. The Labute approximate surface area is 144 Å². The van der Waals surface area contributed by atoms with E-state index in [-0.39, 0.29) is 10.7 Å². The molecule has 134 valence electrons.